The molecular formula is C14H18FNO4S. The first-order chi connectivity index (χ1) is 9.90. The maximum atomic E-state index is 12.9. The Morgan fingerprint density at radius 2 is 1.90 bits per heavy atom. The minimum Gasteiger partial charge on any atom is -0.377 e. The van der Waals surface area contributed by atoms with Crippen molar-refractivity contribution in [1.29, 1.82) is 0 Å². The summed E-state index contributed by atoms with van der Waals surface area (Å²) in [5, 5.41) is -1.23. The molecule has 116 valence electrons. The van der Waals surface area contributed by atoms with Crippen LogP contribution in [0.25, 0.3) is 0 Å². The molecule has 1 aliphatic heterocycles. The van der Waals surface area contributed by atoms with E-state index in [2.05, 4.69) is 0 Å². The molecule has 0 aliphatic carbocycles. The lowest BCUT2D eigenvalue weighted by Gasteiger charge is -2.16. The molecule has 0 saturated carbocycles. The zero-order chi connectivity index (χ0) is 15.5. The van der Waals surface area contributed by atoms with E-state index < -0.39 is 15.5 Å². The molecule has 1 aromatic carbocycles. The number of amides is 1. The van der Waals surface area contributed by atoms with E-state index in [1.165, 1.54) is 4.90 Å². The summed E-state index contributed by atoms with van der Waals surface area (Å²) in [6.07, 6.45) is -0.277. The van der Waals surface area contributed by atoms with Crippen LogP contribution in [0.15, 0.2) is 24.3 Å². The largest absolute Gasteiger partial charge is 0.377 e. The number of hydrogen-bond acceptors (Lipinski definition) is 4. The van der Waals surface area contributed by atoms with Crippen molar-refractivity contribution in [3.05, 3.63) is 35.4 Å². The molecule has 0 radical (unpaired) electrons. The Morgan fingerprint density at radius 1 is 1.29 bits per heavy atom. The van der Waals surface area contributed by atoms with Crippen molar-refractivity contribution in [2.75, 3.05) is 13.2 Å². The first kappa shape index (κ1) is 15.9. The Hall–Kier alpha value is -1.47. The molecule has 1 heterocycles. The van der Waals surface area contributed by atoms with Crippen molar-refractivity contribution >= 4 is 16.1 Å². The summed E-state index contributed by atoms with van der Waals surface area (Å²) in [7, 11) is -4.66. The highest BCUT2D eigenvalue weighted by molar-refractivity contribution is 7.87. The number of nitrogens with zero attached hydrogens (tertiary/aromatic N) is 1. The van der Waals surface area contributed by atoms with Crippen LogP contribution in [-0.4, -0.2) is 37.6 Å². The number of halogens is 1. The predicted molar refractivity (Wildman–Crippen MR) is 75.6 cm³/mol. The maximum Gasteiger partial charge on any atom is 0.307 e. The molecule has 1 atom stereocenters. The molecule has 1 aliphatic rings. The van der Waals surface area contributed by atoms with Gasteiger partial charge in [0.2, 0.25) is 5.91 Å². The van der Waals surface area contributed by atoms with E-state index in [1.54, 1.807) is 0 Å². The average molecular weight is 315 g/mol. The third-order valence-electron chi connectivity index (χ3n) is 3.45. The van der Waals surface area contributed by atoms with Gasteiger partial charge in [0.05, 0.1) is 6.61 Å². The molecule has 0 aromatic heterocycles. The van der Waals surface area contributed by atoms with Gasteiger partial charge in [0.15, 0.2) is 0 Å². The fourth-order valence-electron chi connectivity index (χ4n) is 2.26. The molecular weight excluding hydrogens is 297 g/mol. The highest BCUT2D eigenvalue weighted by Gasteiger charge is 2.38. The van der Waals surface area contributed by atoms with Crippen molar-refractivity contribution in [2.24, 2.45) is 0 Å². The monoisotopic (exact) mass is 315 g/mol. The molecule has 7 heteroatoms. The molecule has 1 saturated heterocycles. The van der Waals surface area contributed by atoms with Gasteiger partial charge in [-0.15, -0.1) is 3.89 Å². The minimum atomic E-state index is -4.66. The highest BCUT2D eigenvalue weighted by atomic mass is 32.3. The van der Waals surface area contributed by atoms with Gasteiger partial charge in [0, 0.05) is 26.1 Å². The third kappa shape index (κ3) is 4.25. The molecule has 21 heavy (non-hydrogen) atoms. The number of hydrogen-bond donors (Lipinski definition) is 0. The minimum absolute atomic E-state index is 0.0850. The van der Waals surface area contributed by atoms with E-state index in [9.17, 15) is 17.1 Å². The standard InChI is InChI=1S/C14H18FNO4S/c1-2-20-10-12-5-3-11(4-6-12)8-16-9-13(7-14(16)17)21(15,18)19/h3-6,13H,2,7-10H2,1H3. The molecule has 1 fully saturated rings. The zero-order valence-corrected chi connectivity index (χ0v) is 12.6. The SMILES string of the molecule is CCOCc1ccc(CN2CC(S(=O)(=O)F)CC2=O)cc1. The van der Waals surface area contributed by atoms with Gasteiger partial charge in [-0.1, -0.05) is 24.3 Å². The van der Waals surface area contributed by atoms with Gasteiger partial charge in [-0.2, -0.15) is 8.42 Å². The molecule has 2 rings (SSSR count). The van der Waals surface area contributed by atoms with Gasteiger partial charge in [0.1, 0.15) is 5.25 Å². The quantitative estimate of drug-likeness (QED) is 0.748. The fraction of sp³-hybridized carbons (Fsp3) is 0.500. The number of rotatable bonds is 6. The molecule has 1 amide bonds. The fourth-order valence-corrected chi connectivity index (χ4v) is 2.96. The Labute approximate surface area is 123 Å². The van der Waals surface area contributed by atoms with E-state index in [0.29, 0.717) is 19.8 Å². The van der Waals surface area contributed by atoms with E-state index in [4.69, 9.17) is 4.74 Å². The number of ether oxygens (including phenoxy) is 1. The summed E-state index contributed by atoms with van der Waals surface area (Å²) in [6, 6.07) is 7.52. The molecule has 1 aromatic rings. The van der Waals surface area contributed by atoms with Gasteiger partial charge >= 0.3 is 10.2 Å². The summed E-state index contributed by atoms with van der Waals surface area (Å²) in [6.45, 7) is 3.30. The van der Waals surface area contributed by atoms with Gasteiger partial charge in [-0.05, 0) is 18.1 Å². The first-order valence-electron chi connectivity index (χ1n) is 6.77. The highest BCUT2D eigenvalue weighted by Crippen LogP contribution is 2.21. The van der Waals surface area contributed by atoms with E-state index in [-0.39, 0.29) is 18.9 Å². The first-order valence-corrected chi connectivity index (χ1v) is 8.21. The molecule has 0 N–H and O–H groups in total. The summed E-state index contributed by atoms with van der Waals surface area (Å²) in [5.41, 5.74) is 1.90. The molecule has 0 bridgehead atoms. The Bertz CT molecular complexity index is 600. The predicted octanol–water partition coefficient (Wildman–Crippen LogP) is 1.62. The smallest absolute Gasteiger partial charge is 0.307 e. The average Bonchev–Trinajstić information content (AvgIpc) is 2.79. The van der Waals surface area contributed by atoms with Gasteiger partial charge < -0.3 is 9.64 Å². The van der Waals surface area contributed by atoms with E-state index in [1.807, 2.05) is 31.2 Å². The topological polar surface area (TPSA) is 63.7 Å². The Morgan fingerprint density at radius 3 is 2.43 bits per heavy atom. The Kier molecular flexibility index (Phi) is 4.95. The van der Waals surface area contributed by atoms with Crippen molar-refractivity contribution in [1.82, 2.24) is 4.90 Å². The Balaban J connectivity index is 1.97. The normalized spacial score (nSPS) is 19.2. The lowest BCUT2D eigenvalue weighted by molar-refractivity contribution is -0.128. The molecule has 5 nitrogen and oxygen atoms in total. The zero-order valence-electron chi connectivity index (χ0n) is 11.8. The van der Waals surface area contributed by atoms with Crippen LogP contribution < -0.4 is 0 Å². The van der Waals surface area contributed by atoms with Crippen LogP contribution in [0.3, 0.4) is 0 Å². The second-order valence-electron chi connectivity index (χ2n) is 5.03. The maximum absolute atomic E-state index is 12.9. The van der Waals surface area contributed by atoms with E-state index >= 15 is 0 Å². The van der Waals surface area contributed by atoms with Crippen LogP contribution in [0.4, 0.5) is 3.89 Å². The van der Waals surface area contributed by atoms with Crippen LogP contribution in [0.2, 0.25) is 0 Å². The number of carbonyl (C=O) groups excluding carboxylic acids is 1. The van der Waals surface area contributed by atoms with Crippen LogP contribution in [0.5, 0.6) is 0 Å². The van der Waals surface area contributed by atoms with Crippen molar-refractivity contribution in [3.8, 4) is 0 Å². The van der Waals surface area contributed by atoms with Crippen molar-refractivity contribution in [2.45, 2.75) is 31.7 Å². The lowest BCUT2D eigenvalue weighted by atomic mass is 10.1. The second-order valence-corrected chi connectivity index (χ2v) is 6.65. The van der Waals surface area contributed by atoms with Gasteiger partial charge in [-0.3, -0.25) is 4.79 Å². The molecule has 0 spiro atoms. The van der Waals surface area contributed by atoms with Gasteiger partial charge in [0.25, 0.3) is 0 Å². The second kappa shape index (κ2) is 6.53. The van der Waals surface area contributed by atoms with Crippen LogP contribution in [0.1, 0.15) is 24.5 Å². The summed E-state index contributed by atoms with van der Waals surface area (Å²) in [4.78, 5) is 13.1. The number of benzene rings is 1. The van der Waals surface area contributed by atoms with Crippen LogP contribution >= 0.6 is 0 Å². The summed E-state index contributed by atoms with van der Waals surface area (Å²) >= 11 is 0. The van der Waals surface area contributed by atoms with Crippen LogP contribution in [-0.2, 0) is 32.9 Å². The number of carbonyl (C=O) groups is 1. The third-order valence-corrected chi connectivity index (χ3v) is 4.56. The number of likely N-dealkylation sites (tertiary alicyclic amines) is 1. The van der Waals surface area contributed by atoms with Gasteiger partial charge in [-0.25, -0.2) is 0 Å². The summed E-state index contributed by atoms with van der Waals surface area (Å²) in [5.74, 6) is -0.334. The van der Waals surface area contributed by atoms with Crippen molar-refractivity contribution < 1.29 is 21.8 Å². The van der Waals surface area contributed by atoms with Crippen LogP contribution in [0, 0.1) is 0 Å². The lowest BCUT2D eigenvalue weighted by Crippen LogP contribution is -2.26. The molecule has 1 unspecified atom stereocenters. The summed E-state index contributed by atoms with van der Waals surface area (Å²) < 4.78 is 39.9. The van der Waals surface area contributed by atoms with Crippen molar-refractivity contribution in [3.63, 3.8) is 0 Å². The van der Waals surface area contributed by atoms with E-state index in [0.717, 1.165) is 11.1 Å².